The van der Waals surface area contributed by atoms with Crippen molar-refractivity contribution in [2.24, 2.45) is 5.73 Å². The fourth-order valence-corrected chi connectivity index (χ4v) is 1.78. The molecule has 1 aliphatic rings. The highest BCUT2D eigenvalue weighted by atomic mass is 16.4. The number of amides is 1. The van der Waals surface area contributed by atoms with Crippen LogP contribution in [0.25, 0.3) is 0 Å². The molecule has 1 fully saturated rings. The molecule has 104 valence electrons. The van der Waals surface area contributed by atoms with Crippen LogP contribution in [0.2, 0.25) is 0 Å². The van der Waals surface area contributed by atoms with E-state index in [2.05, 4.69) is 0 Å². The van der Waals surface area contributed by atoms with Gasteiger partial charge in [-0.1, -0.05) is 0 Å². The Labute approximate surface area is 106 Å². The van der Waals surface area contributed by atoms with Gasteiger partial charge in [-0.25, -0.2) is 9.59 Å². The maximum atomic E-state index is 11.6. The van der Waals surface area contributed by atoms with Crippen molar-refractivity contribution in [3.63, 3.8) is 0 Å². The first-order chi connectivity index (χ1) is 8.67. The largest absolute Gasteiger partial charge is 0.480 e. The quantitative estimate of drug-likeness (QED) is 0.432. The highest BCUT2D eigenvalue weighted by Crippen LogP contribution is 2.26. The summed E-state index contributed by atoms with van der Waals surface area (Å²) < 4.78 is 0. The van der Waals surface area contributed by atoms with Gasteiger partial charge in [0.15, 0.2) is 0 Å². The third kappa shape index (κ3) is 3.07. The molecule has 1 saturated heterocycles. The number of aliphatic carboxylic acids is 3. The second-order valence-corrected chi connectivity index (χ2v) is 4.16. The zero-order valence-electron chi connectivity index (χ0n) is 9.65. The number of nitrogens with two attached hydrogens (primary N) is 1. The zero-order valence-corrected chi connectivity index (χ0v) is 9.65. The van der Waals surface area contributed by atoms with Gasteiger partial charge < -0.3 is 26.0 Å². The van der Waals surface area contributed by atoms with E-state index in [1.807, 2.05) is 0 Å². The van der Waals surface area contributed by atoms with Crippen LogP contribution in [0.1, 0.15) is 6.42 Å². The molecule has 0 aromatic carbocycles. The summed E-state index contributed by atoms with van der Waals surface area (Å²) in [6, 6.07) is -1.40. The number of carbonyl (C=O) groups is 4. The molecule has 0 aliphatic carbocycles. The van der Waals surface area contributed by atoms with Crippen LogP contribution in [0, 0.1) is 0 Å². The molecule has 0 saturated carbocycles. The van der Waals surface area contributed by atoms with E-state index < -0.39 is 48.4 Å². The summed E-state index contributed by atoms with van der Waals surface area (Å²) in [7, 11) is 0. The molecule has 0 spiro atoms. The van der Waals surface area contributed by atoms with E-state index in [4.69, 9.17) is 21.1 Å². The van der Waals surface area contributed by atoms with Crippen LogP contribution in [-0.2, 0) is 19.2 Å². The van der Waals surface area contributed by atoms with Crippen LogP contribution in [0.3, 0.4) is 0 Å². The summed E-state index contributed by atoms with van der Waals surface area (Å²) in [5.74, 6) is -5.11. The molecule has 0 aromatic heterocycles. The van der Waals surface area contributed by atoms with E-state index in [-0.39, 0.29) is 0 Å². The summed E-state index contributed by atoms with van der Waals surface area (Å²) >= 11 is 0. The van der Waals surface area contributed by atoms with Gasteiger partial charge in [0, 0.05) is 18.6 Å². The first-order valence-corrected chi connectivity index (χ1v) is 5.14. The van der Waals surface area contributed by atoms with Crippen LogP contribution < -0.4 is 5.73 Å². The second-order valence-electron chi connectivity index (χ2n) is 4.16. The smallest absolute Gasteiger partial charge is 0.328 e. The summed E-state index contributed by atoms with van der Waals surface area (Å²) in [5, 5.41) is 26.2. The number of rotatable bonds is 4. The summed E-state index contributed by atoms with van der Waals surface area (Å²) in [6.07, 6.45) is 0.759. The van der Waals surface area contributed by atoms with E-state index in [0.717, 1.165) is 4.90 Å². The molecule has 1 aliphatic heterocycles. The highest BCUT2D eigenvalue weighted by molar-refractivity contribution is 5.97. The molecule has 0 bridgehead atoms. The maximum Gasteiger partial charge on any atom is 0.328 e. The lowest BCUT2D eigenvalue weighted by molar-refractivity contribution is -0.146. The van der Waals surface area contributed by atoms with Gasteiger partial charge in [0.2, 0.25) is 5.91 Å². The van der Waals surface area contributed by atoms with Crippen LogP contribution in [0.4, 0.5) is 0 Å². The van der Waals surface area contributed by atoms with Crippen LogP contribution >= 0.6 is 0 Å². The molecule has 0 unspecified atom stereocenters. The minimum absolute atomic E-state index is 0.440. The molecule has 1 rings (SSSR count). The van der Waals surface area contributed by atoms with Crippen LogP contribution in [-0.4, -0.2) is 62.2 Å². The Morgan fingerprint density at radius 2 is 1.74 bits per heavy atom. The van der Waals surface area contributed by atoms with Gasteiger partial charge >= 0.3 is 17.9 Å². The van der Waals surface area contributed by atoms with E-state index in [9.17, 15) is 19.2 Å². The van der Waals surface area contributed by atoms with Gasteiger partial charge in [-0.3, -0.25) is 9.59 Å². The second kappa shape index (κ2) is 5.06. The number of hydrogen-bond acceptors (Lipinski definition) is 5. The van der Waals surface area contributed by atoms with Crippen molar-refractivity contribution in [1.82, 2.24) is 4.90 Å². The number of carboxylic acid groups (broad SMARTS) is 3. The van der Waals surface area contributed by atoms with Crippen molar-refractivity contribution in [3.8, 4) is 0 Å². The first kappa shape index (κ1) is 14.6. The third-order valence-electron chi connectivity index (χ3n) is 2.75. The van der Waals surface area contributed by atoms with Gasteiger partial charge in [-0.15, -0.1) is 0 Å². The Kier molecular flexibility index (Phi) is 3.90. The molecule has 1 heterocycles. The molecule has 9 heteroatoms. The van der Waals surface area contributed by atoms with Crippen molar-refractivity contribution in [3.05, 3.63) is 12.2 Å². The number of carbonyl (C=O) groups excluding carboxylic acids is 1. The average molecular weight is 272 g/mol. The summed E-state index contributed by atoms with van der Waals surface area (Å²) in [6.45, 7) is -0.498. The number of likely N-dealkylation sites (tertiary alicyclic amines) is 1. The molecule has 0 aromatic rings. The molecule has 9 nitrogen and oxygen atoms in total. The molecular weight excluding hydrogens is 260 g/mol. The molecule has 1 amide bonds. The monoisotopic (exact) mass is 272 g/mol. The summed E-state index contributed by atoms with van der Waals surface area (Å²) in [5.41, 5.74) is 3.67. The normalized spacial score (nSPS) is 26.6. The van der Waals surface area contributed by atoms with E-state index >= 15 is 0 Å². The Morgan fingerprint density at radius 3 is 2.16 bits per heavy atom. The Balaban J connectivity index is 2.98. The lowest BCUT2D eigenvalue weighted by Gasteiger charge is -2.20. The van der Waals surface area contributed by atoms with Gasteiger partial charge in [0.1, 0.15) is 11.6 Å². The SMILES string of the molecule is N[C@@]1(C(=O)O)C[C@@H](C(=O)O)N(C(=O)C=CC(=O)O)C1. The van der Waals surface area contributed by atoms with Crippen molar-refractivity contribution in [1.29, 1.82) is 0 Å². The molecule has 5 N–H and O–H groups in total. The van der Waals surface area contributed by atoms with Gasteiger partial charge in [-0.2, -0.15) is 0 Å². The van der Waals surface area contributed by atoms with Crippen LogP contribution in [0.15, 0.2) is 12.2 Å². The first-order valence-electron chi connectivity index (χ1n) is 5.14. The lowest BCUT2D eigenvalue weighted by atomic mass is 9.98. The molecule has 0 radical (unpaired) electrons. The van der Waals surface area contributed by atoms with E-state index in [1.165, 1.54) is 0 Å². The van der Waals surface area contributed by atoms with Crippen molar-refractivity contribution < 1.29 is 34.5 Å². The van der Waals surface area contributed by atoms with Gasteiger partial charge in [0.05, 0.1) is 6.54 Å². The maximum absolute atomic E-state index is 11.6. The minimum Gasteiger partial charge on any atom is -0.480 e. The van der Waals surface area contributed by atoms with Gasteiger partial charge in [0.25, 0.3) is 0 Å². The highest BCUT2D eigenvalue weighted by Gasteiger charge is 2.50. The fourth-order valence-electron chi connectivity index (χ4n) is 1.78. The van der Waals surface area contributed by atoms with E-state index in [0.29, 0.717) is 12.2 Å². The lowest BCUT2D eigenvalue weighted by Crippen LogP contribution is -2.50. The molecular formula is C10H12N2O7. The standard InChI is InChI=1S/C10H12N2O7/c11-10(9(18)19)3-5(8(16)17)12(4-10)6(13)1-2-7(14)15/h1-2,5H,3-4,11H2,(H,14,15)(H,16,17)(H,18,19)/t5-,10-/m0/s1. The number of carboxylic acids is 3. The van der Waals surface area contributed by atoms with Crippen molar-refractivity contribution in [2.45, 2.75) is 18.0 Å². The zero-order chi connectivity index (χ0) is 14.8. The predicted octanol–water partition coefficient (Wildman–Crippen LogP) is -1.91. The number of nitrogens with zero attached hydrogens (tertiary/aromatic N) is 1. The fraction of sp³-hybridized carbons (Fsp3) is 0.400. The third-order valence-corrected chi connectivity index (χ3v) is 2.75. The minimum atomic E-state index is -1.85. The average Bonchev–Trinajstić information content (AvgIpc) is 2.66. The number of hydrogen-bond donors (Lipinski definition) is 4. The Hall–Kier alpha value is -2.42. The Morgan fingerprint density at radius 1 is 1.16 bits per heavy atom. The van der Waals surface area contributed by atoms with E-state index in [1.54, 1.807) is 0 Å². The predicted molar refractivity (Wildman–Crippen MR) is 59.1 cm³/mol. The topological polar surface area (TPSA) is 158 Å². The van der Waals surface area contributed by atoms with Crippen molar-refractivity contribution in [2.75, 3.05) is 6.54 Å². The summed E-state index contributed by atoms with van der Waals surface area (Å²) in [4.78, 5) is 44.6. The van der Waals surface area contributed by atoms with Gasteiger partial charge in [-0.05, 0) is 0 Å². The Bertz CT molecular complexity index is 472. The van der Waals surface area contributed by atoms with Crippen molar-refractivity contribution >= 4 is 23.8 Å². The molecule has 2 atom stereocenters. The van der Waals surface area contributed by atoms with Crippen LogP contribution in [0.5, 0.6) is 0 Å². The molecule has 19 heavy (non-hydrogen) atoms.